The molecule has 0 aliphatic carbocycles. The lowest BCUT2D eigenvalue weighted by Gasteiger charge is -2.15. The molecule has 0 spiro atoms. The Bertz CT molecular complexity index is 640. The van der Waals surface area contributed by atoms with Crippen LogP contribution in [0.3, 0.4) is 0 Å². The molecule has 0 aliphatic rings. The third-order valence-electron chi connectivity index (χ3n) is 3.35. The van der Waals surface area contributed by atoms with Crippen molar-refractivity contribution < 1.29 is 14.3 Å². The van der Waals surface area contributed by atoms with E-state index in [0.29, 0.717) is 17.9 Å². The third kappa shape index (κ3) is 4.01. The van der Waals surface area contributed by atoms with Crippen molar-refractivity contribution in [3.8, 4) is 11.5 Å². The Balaban J connectivity index is 2.08. The summed E-state index contributed by atoms with van der Waals surface area (Å²) in [6, 6.07) is 14.7. The van der Waals surface area contributed by atoms with Gasteiger partial charge in [0.2, 0.25) is 0 Å². The van der Waals surface area contributed by atoms with E-state index >= 15 is 0 Å². The van der Waals surface area contributed by atoms with Gasteiger partial charge in [0, 0.05) is 5.56 Å². The van der Waals surface area contributed by atoms with Gasteiger partial charge in [0.1, 0.15) is 11.5 Å². The van der Waals surface area contributed by atoms with Crippen LogP contribution in [0.25, 0.3) is 0 Å². The minimum Gasteiger partial charge on any atom is -0.497 e. The number of carbonyl (C=O) groups is 1. The van der Waals surface area contributed by atoms with E-state index in [0.717, 1.165) is 11.3 Å². The highest BCUT2D eigenvalue weighted by molar-refractivity contribution is 5.94. The minimum atomic E-state index is -0.128. The first-order valence-electron chi connectivity index (χ1n) is 7.31. The third-order valence-corrected chi connectivity index (χ3v) is 3.35. The summed E-state index contributed by atoms with van der Waals surface area (Å²) in [5.74, 6) is 1.35. The SMILES string of the molecule is CCOc1cccc(C(=O)NC(C)c2cccc(OC)c2)c1. The monoisotopic (exact) mass is 299 g/mol. The van der Waals surface area contributed by atoms with Crippen LogP contribution in [-0.2, 0) is 0 Å². The molecule has 2 aromatic rings. The van der Waals surface area contributed by atoms with Crippen molar-refractivity contribution in [2.75, 3.05) is 13.7 Å². The second kappa shape index (κ2) is 7.50. The van der Waals surface area contributed by atoms with Crippen LogP contribution in [0.5, 0.6) is 11.5 Å². The number of carbonyl (C=O) groups excluding carboxylic acids is 1. The van der Waals surface area contributed by atoms with Crippen molar-refractivity contribution in [2.24, 2.45) is 0 Å². The fourth-order valence-corrected chi connectivity index (χ4v) is 2.17. The van der Waals surface area contributed by atoms with E-state index in [1.54, 1.807) is 19.2 Å². The minimum absolute atomic E-state index is 0.113. The number of ether oxygens (including phenoxy) is 2. The number of rotatable bonds is 6. The summed E-state index contributed by atoms with van der Waals surface area (Å²) in [6.07, 6.45) is 0. The van der Waals surface area contributed by atoms with E-state index in [1.165, 1.54) is 0 Å². The molecule has 0 aromatic heterocycles. The number of nitrogens with one attached hydrogen (secondary N) is 1. The Kier molecular flexibility index (Phi) is 5.42. The van der Waals surface area contributed by atoms with Crippen molar-refractivity contribution in [3.05, 3.63) is 59.7 Å². The first-order chi connectivity index (χ1) is 10.6. The molecule has 0 bridgehead atoms. The van der Waals surface area contributed by atoms with E-state index in [9.17, 15) is 4.79 Å². The quantitative estimate of drug-likeness (QED) is 0.887. The second-order valence-electron chi connectivity index (χ2n) is 4.93. The van der Waals surface area contributed by atoms with Crippen molar-refractivity contribution >= 4 is 5.91 Å². The number of hydrogen-bond donors (Lipinski definition) is 1. The van der Waals surface area contributed by atoms with Gasteiger partial charge in [0.05, 0.1) is 19.8 Å². The van der Waals surface area contributed by atoms with Crippen LogP contribution >= 0.6 is 0 Å². The molecule has 0 radical (unpaired) electrons. The topological polar surface area (TPSA) is 47.6 Å². The Morgan fingerprint density at radius 3 is 2.59 bits per heavy atom. The smallest absolute Gasteiger partial charge is 0.251 e. The lowest BCUT2D eigenvalue weighted by Crippen LogP contribution is -2.26. The normalized spacial score (nSPS) is 11.6. The van der Waals surface area contributed by atoms with Crippen molar-refractivity contribution in [1.29, 1.82) is 0 Å². The zero-order chi connectivity index (χ0) is 15.9. The largest absolute Gasteiger partial charge is 0.497 e. The summed E-state index contributed by atoms with van der Waals surface area (Å²) < 4.78 is 10.6. The molecule has 1 amide bonds. The molecule has 4 nitrogen and oxygen atoms in total. The van der Waals surface area contributed by atoms with E-state index in [4.69, 9.17) is 9.47 Å². The molecular weight excluding hydrogens is 278 g/mol. The average Bonchev–Trinajstić information content (AvgIpc) is 2.55. The molecule has 1 atom stereocenters. The highest BCUT2D eigenvalue weighted by Crippen LogP contribution is 2.20. The summed E-state index contributed by atoms with van der Waals surface area (Å²) in [4.78, 5) is 12.3. The van der Waals surface area contributed by atoms with Gasteiger partial charge >= 0.3 is 0 Å². The summed E-state index contributed by atoms with van der Waals surface area (Å²) in [5, 5.41) is 2.98. The predicted molar refractivity (Wildman–Crippen MR) is 86.5 cm³/mol. The van der Waals surface area contributed by atoms with E-state index in [1.807, 2.05) is 50.2 Å². The number of hydrogen-bond acceptors (Lipinski definition) is 3. The highest BCUT2D eigenvalue weighted by atomic mass is 16.5. The van der Waals surface area contributed by atoms with Gasteiger partial charge in [0.25, 0.3) is 5.91 Å². The van der Waals surface area contributed by atoms with Crippen LogP contribution in [0, 0.1) is 0 Å². The second-order valence-corrected chi connectivity index (χ2v) is 4.93. The van der Waals surface area contributed by atoms with Crippen LogP contribution in [0.15, 0.2) is 48.5 Å². The van der Waals surface area contributed by atoms with Gasteiger partial charge in [0.15, 0.2) is 0 Å². The van der Waals surface area contributed by atoms with Crippen LogP contribution in [0.2, 0.25) is 0 Å². The summed E-state index contributed by atoms with van der Waals surface area (Å²) in [7, 11) is 1.63. The van der Waals surface area contributed by atoms with E-state index in [2.05, 4.69) is 5.32 Å². The first kappa shape index (κ1) is 15.9. The van der Waals surface area contributed by atoms with Gasteiger partial charge in [-0.25, -0.2) is 0 Å². The Labute approximate surface area is 131 Å². The van der Waals surface area contributed by atoms with E-state index < -0.39 is 0 Å². The van der Waals surface area contributed by atoms with Gasteiger partial charge in [-0.15, -0.1) is 0 Å². The Hall–Kier alpha value is -2.49. The Morgan fingerprint density at radius 1 is 1.14 bits per heavy atom. The van der Waals surface area contributed by atoms with Crippen molar-refractivity contribution in [3.63, 3.8) is 0 Å². The molecule has 0 fully saturated rings. The van der Waals surface area contributed by atoms with Crippen LogP contribution < -0.4 is 14.8 Å². The average molecular weight is 299 g/mol. The highest BCUT2D eigenvalue weighted by Gasteiger charge is 2.12. The lowest BCUT2D eigenvalue weighted by molar-refractivity contribution is 0.0939. The van der Waals surface area contributed by atoms with Crippen LogP contribution in [-0.4, -0.2) is 19.6 Å². The number of benzene rings is 2. The summed E-state index contributed by atoms with van der Waals surface area (Å²) in [6.45, 7) is 4.43. The molecule has 116 valence electrons. The van der Waals surface area contributed by atoms with Gasteiger partial charge in [-0.3, -0.25) is 4.79 Å². The lowest BCUT2D eigenvalue weighted by atomic mass is 10.1. The molecule has 2 rings (SSSR count). The zero-order valence-corrected chi connectivity index (χ0v) is 13.1. The molecule has 0 heterocycles. The van der Waals surface area contributed by atoms with Gasteiger partial charge in [-0.05, 0) is 49.7 Å². The molecule has 0 saturated heterocycles. The maximum atomic E-state index is 12.3. The molecule has 4 heteroatoms. The molecule has 0 aliphatic heterocycles. The van der Waals surface area contributed by atoms with Gasteiger partial charge in [-0.2, -0.15) is 0 Å². The van der Waals surface area contributed by atoms with Gasteiger partial charge in [-0.1, -0.05) is 18.2 Å². The Morgan fingerprint density at radius 2 is 1.86 bits per heavy atom. The van der Waals surface area contributed by atoms with Crippen molar-refractivity contribution in [1.82, 2.24) is 5.32 Å². The number of methoxy groups -OCH3 is 1. The zero-order valence-electron chi connectivity index (χ0n) is 13.1. The molecule has 1 unspecified atom stereocenters. The molecule has 22 heavy (non-hydrogen) atoms. The molecule has 1 N–H and O–H groups in total. The fourth-order valence-electron chi connectivity index (χ4n) is 2.17. The fraction of sp³-hybridized carbons (Fsp3) is 0.278. The molecular formula is C18H21NO3. The maximum absolute atomic E-state index is 12.3. The van der Waals surface area contributed by atoms with Crippen LogP contribution in [0.4, 0.5) is 0 Å². The molecule has 2 aromatic carbocycles. The van der Waals surface area contributed by atoms with Gasteiger partial charge < -0.3 is 14.8 Å². The summed E-state index contributed by atoms with van der Waals surface area (Å²) >= 11 is 0. The maximum Gasteiger partial charge on any atom is 0.251 e. The molecule has 0 saturated carbocycles. The van der Waals surface area contributed by atoms with Crippen LogP contribution in [0.1, 0.15) is 35.8 Å². The predicted octanol–water partition coefficient (Wildman–Crippen LogP) is 3.58. The summed E-state index contributed by atoms with van der Waals surface area (Å²) in [5.41, 5.74) is 1.58. The van der Waals surface area contributed by atoms with E-state index in [-0.39, 0.29) is 11.9 Å². The first-order valence-corrected chi connectivity index (χ1v) is 7.31. The standard InChI is InChI=1S/C18H21NO3/c1-4-22-17-10-6-8-15(12-17)18(20)19-13(2)14-7-5-9-16(11-14)21-3/h5-13H,4H2,1-3H3,(H,19,20). The number of amides is 1. The van der Waals surface area contributed by atoms with Crippen molar-refractivity contribution in [2.45, 2.75) is 19.9 Å².